The highest BCUT2D eigenvalue weighted by molar-refractivity contribution is 8.90. The SMILES string of the molecule is CCCCP1SC(C)C(C)S1. The molecule has 0 aromatic rings. The third kappa shape index (κ3) is 3.16. The summed E-state index contributed by atoms with van der Waals surface area (Å²) in [6, 6.07) is 0. The summed E-state index contributed by atoms with van der Waals surface area (Å²) in [7, 11) is 0. The Kier molecular flexibility index (Phi) is 4.63. The van der Waals surface area contributed by atoms with Crippen molar-refractivity contribution in [2.24, 2.45) is 0 Å². The molecule has 0 aromatic carbocycles. The van der Waals surface area contributed by atoms with E-state index in [9.17, 15) is 0 Å². The Labute approximate surface area is 79.5 Å². The van der Waals surface area contributed by atoms with E-state index >= 15 is 0 Å². The van der Waals surface area contributed by atoms with E-state index in [0.29, 0.717) is 6.33 Å². The van der Waals surface area contributed by atoms with Crippen LogP contribution in [0.1, 0.15) is 33.6 Å². The first-order valence-corrected chi connectivity index (χ1v) is 8.84. The van der Waals surface area contributed by atoms with Crippen molar-refractivity contribution in [1.29, 1.82) is 0 Å². The summed E-state index contributed by atoms with van der Waals surface area (Å²) in [4.78, 5) is 0. The fraction of sp³-hybridized carbons (Fsp3) is 1.00. The lowest BCUT2D eigenvalue weighted by Gasteiger charge is -2.05. The summed E-state index contributed by atoms with van der Waals surface area (Å²) >= 11 is 4.48. The molecule has 0 N–H and O–H groups in total. The van der Waals surface area contributed by atoms with E-state index in [1.807, 2.05) is 0 Å². The zero-order chi connectivity index (χ0) is 8.27. The minimum absolute atomic E-state index is 0.304. The van der Waals surface area contributed by atoms with Crippen LogP contribution in [0, 0.1) is 0 Å². The van der Waals surface area contributed by atoms with E-state index in [-0.39, 0.29) is 0 Å². The van der Waals surface area contributed by atoms with Gasteiger partial charge in [0.25, 0.3) is 0 Å². The molecule has 11 heavy (non-hydrogen) atoms. The molecule has 1 saturated heterocycles. The zero-order valence-corrected chi connectivity index (χ0v) is 10.1. The quantitative estimate of drug-likeness (QED) is 0.632. The zero-order valence-electron chi connectivity index (χ0n) is 7.54. The number of hydrogen-bond acceptors (Lipinski definition) is 2. The second-order valence-corrected chi connectivity index (χ2v) is 10.7. The summed E-state index contributed by atoms with van der Waals surface area (Å²) in [6.07, 6.45) is 4.59. The van der Waals surface area contributed by atoms with Crippen molar-refractivity contribution in [2.75, 3.05) is 6.16 Å². The highest BCUT2D eigenvalue weighted by Crippen LogP contribution is 2.71. The van der Waals surface area contributed by atoms with Gasteiger partial charge >= 0.3 is 0 Å². The van der Waals surface area contributed by atoms with Gasteiger partial charge in [0.05, 0.1) is 0 Å². The summed E-state index contributed by atoms with van der Waals surface area (Å²) in [5.74, 6) is 0. The summed E-state index contributed by atoms with van der Waals surface area (Å²) in [5.41, 5.74) is 0. The van der Waals surface area contributed by atoms with Gasteiger partial charge in [0.1, 0.15) is 0 Å². The molecule has 0 nitrogen and oxygen atoms in total. The Balaban J connectivity index is 2.18. The first-order valence-electron chi connectivity index (χ1n) is 4.35. The molecule has 0 radical (unpaired) electrons. The number of unbranched alkanes of at least 4 members (excludes halogenated alkanes) is 1. The molecule has 66 valence electrons. The molecular weight excluding hydrogens is 191 g/mol. The molecule has 0 saturated carbocycles. The second-order valence-electron chi connectivity index (χ2n) is 3.03. The maximum absolute atomic E-state index is 2.37. The molecule has 1 heterocycles. The number of rotatable bonds is 3. The van der Waals surface area contributed by atoms with Gasteiger partial charge in [-0.2, -0.15) is 0 Å². The first-order chi connectivity index (χ1) is 5.24. The van der Waals surface area contributed by atoms with Crippen LogP contribution >= 0.6 is 29.1 Å². The Morgan fingerprint density at radius 3 is 2.18 bits per heavy atom. The van der Waals surface area contributed by atoms with Crippen LogP contribution in [0.4, 0.5) is 0 Å². The van der Waals surface area contributed by atoms with Gasteiger partial charge in [-0.3, -0.25) is 0 Å². The fourth-order valence-electron chi connectivity index (χ4n) is 0.960. The minimum Gasteiger partial charge on any atom is -0.119 e. The van der Waals surface area contributed by atoms with Crippen molar-refractivity contribution in [3.8, 4) is 0 Å². The molecule has 1 fully saturated rings. The third-order valence-corrected chi connectivity index (χ3v) is 10.8. The highest BCUT2D eigenvalue weighted by atomic mass is 33.1. The molecular formula is C8H17PS2. The molecule has 0 amide bonds. The van der Waals surface area contributed by atoms with Crippen molar-refractivity contribution in [2.45, 2.75) is 44.1 Å². The predicted molar refractivity (Wildman–Crippen MR) is 60.8 cm³/mol. The second kappa shape index (κ2) is 4.99. The Morgan fingerprint density at radius 2 is 1.73 bits per heavy atom. The van der Waals surface area contributed by atoms with Gasteiger partial charge in [-0.1, -0.05) is 27.2 Å². The Morgan fingerprint density at radius 1 is 1.18 bits per heavy atom. The molecule has 1 aliphatic heterocycles. The van der Waals surface area contributed by atoms with Crippen LogP contribution in [0.3, 0.4) is 0 Å². The Bertz CT molecular complexity index is 109. The monoisotopic (exact) mass is 208 g/mol. The first kappa shape index (κ1) is 10.2. The van der Waals surface area contributed by atoms with Gasteiger partial charge in [0.15, 0.2) is 0 Å². The van der Waals surface area contributed by atoms with E-state index in [2.05, 4.69) is 43.5 Å². The van der Waals surface area contributed by atoms with Crippen LogP contribution in [0.25, 0.3) is 0 Å². The molecule has 1 rings (SSSR count). The molecule has 0 aliphatic carbocycles. The molecule has 2 unspecified atom stereocenters. The van der Waals surface area contributed by atoms with Gasteiger partial charge in [-0.15, -0.1) is 22.8 Å². The number of hydrogen-bond donors (Lipinski definition) is 0. The maximum atomic E-state index is 2.37. The minimum atomic E-state index is 0.304. The standard InChI is InChI=1S/C8H17PS2/c1-4-5-6-9-10-7(2)8(3)11-9/h7-8H,4-6H2,1-3H3. The molecule has 3 heteroatoms. The average molecular weight is 208 g/mol. The van der Waals surface area contributed by atoms with Crippen LogP contribution in [-0.2, 0) is 0 Å². The summed E-state index contributed by atoms with van der Waals surface area (Å²) < 4.78 is 0. The average Bonchev–Trinajstić information content (AvgIpc) is 2.28. The van der Waals surface area contributed by atoms with Crippen molar-refractivity contribution < 1.29 is 0 Å². The van der Waals surface area contributed by atoms with E-state index in [4.69, 9.17) is 0 Å². The normalized spacial score (nSPS) is 37.9. The van der Waals surface area contributed by atoms with E-state index < -0.39 is 0 Å². The van der Waals surface area contributed by atoms with Gasteiger partial charge in [-0.05, 0) is 12.6 Å². The lowest BCUT2D eigenvalue weighted by molar-refractivity contribution is 0.896. The highest BCUT2D eigenvalue weighted by Gasteiger charge is 2.28. The molecule has 0 spiro atoms. The fourth-order valence-corrected chi connectivity index (χ4v) is 11.5. The van der Waals surface area contributed by atoms with Crippen molar-refractivity contribution in [3.05, 3.63) is 0 Å². The maximum Gasteiger partial charge on any atom is 0.0189 e. The lowest BCUT2D eigenvalue weighted by atomic mass is 10.4. The lowest BCUT2D eigenvalue weighted by Crippen LogP contribution is -2.04. The van der Waals surface area contributed by atoms with Gasteiger partial charge in [0, 0.05) is 16.8 Å². The van der Waals surface area contributed by atoms with Crippen LogP contribution in [-0.4, -0.2) is 16.7 Å². The van der Waals surface area contributed by atoms with Crippen LogP contribution in [0.15, 0.2) is 0 Å². The van der Waals surface area contributed by atoms with Crippen molar-refractivity contribution in [1.82, 2.24) is 0 Å². The Hall–Kier alpha value is 1.13. The van der Waals surface area contributed by atoms with E-state index in [1.165, 1.54) is 19.0 Å². The van der Waals surface area contributed by atoms with E-state index in [0.717, 1.165) is 10.5 Å². The van der Waals surface area contributed by atoms with Gasteiger partial charge < -0.3 is 0 Å². The summed E-state index contributed by atoms with van der Waals surface area (Å²) in [6.45, 7) is 7.03. The molecule has 0 aromatic heterocycles. The van der Waals surface area contributed by atoms with Gasteiger partial charge in [0.2, 0.25) is 0 Å². The molecule has 1 aliphatic rings. The van der Waals surface area contributed by atoms with Crippen molar-refractivity contribution >= 4 is 29.1 Å². The smallest absolute Gasteiger partial charge is 0.0189 e. The van der Waals surface area contributed by atoms with E-state index in [1.54, 1.807) is 0 Å². The van der Waals surface area contributed by atoms with Crippen molar-refractivity contribution in [3.63, 3.8) is 0 Å². The van der Waals surface area contributed by atoms with Gasteiger partial charge in [-0.25, -0.2) is 0 Å². The predicted octanol–water partition coefficient (Wildman–Crippen LogP) is 4.36. The van der Waals surface area contributed by atoms with Crippen LogP contribution in [0.2, 0.25) is 0 Å². The third-order valence-electron chi connectivity index (χ3n) is 1.92. The van der Waals surface area contributed by atoms with Crippen LogP contribution < -0.4 is 0 Å². The molecule has 2 atom stereocenters. The molecule has 0 bridgehead atoms. The largest absolute Gasteiger partial charge is 0.119 e. The summed E-state index contributed by atoms with van der Waals surface area (Å²) in [5, 5.41) is 1.81. The topological polar surface area (TPSA) is 0 Å². The van der Waals surface area contributed by atoms with Crippen LogP contribution in [0.5, 0.6) is 0 Å².